The van der Waals surface area contributed by atoms with Gasteiger partial charge in [-0.15, -0.1) is 0 Å². The van der Waals surface area contributed by atoms with Crippen LogP contribution in [0.5, 0.6) is 17.4 Å². The van der Waals surface area contributed by atoms with Crippen LogP contribution in [0.25, 0.3) is 0 Å². The lowest BCUT2D eigenvalue weighted by Gasteiger charge is -2.32. The molecule has 1 heterocycles. The van der Waals surface area contributed by atoms with Gasteiger partial charge in [0.15, 0.2) is 17.5 Å². The molecule has 7 nitrogen and oxygen atoms in total. The lowest BCUT2D eigenvalue weighted by Crippen LogP contribution is -2.43. The highest BCUT2D eigenvalue weighted by Crippen LogP contribution is 2.30. The molecular formula is C25H38N4O3. The Kier molecular flexibility index (Phi) is 10.8. The van der Waals surface area contributed by atoms with Crippen LogP contribution in [0.3, 0.4) is 0 Å². The topological polar surface area (TPSA) is 88.0 Å². The van der Waals surface area contributed by atoms with Crippen molar-refractivity contribution in [2.24, 2.45) is 10.4 Å². The minimum absolute atomic E-state index is 0.0727. The number of para-hydroxylation sites is 2. The number of ether oxygens (including phenoxy) is 2. The van der Waals surface area contributed by atoms with Crippen LogP contribution in [0.15, 0.2) is 47.6 Å². The summed E-state index contributed by atoms with van der Waals surface area (Å²) < 4.78 is 11.5. The predicted molar refractivity (Wildman–Crippen MR) is 129 cm³/mol. The first-order valence-corrected chi connectivity index (χ1v) is 11.6. The number of hydrogen-bond acceptors (Lipinski definition) is 5. The van der Waals surface area contributed by atoms with Gasteiger partial charge in [0.25, 0.3) is 0 Å². The second-order valence-electron chi connectivity index (χ2n) is 7.72. The van der Waals surface area contributed by atoms with Gasteiger partial charge in [-0.2, -0.15) is 0 Å². The number of aliphatic imine (C=N–C) groups is 1. The zero-order chi connectivity index (χ0) is 23.2. The zero-order valence-electron chi connectivity index (χ0n) is 19.9. The zero-order valence-corrected chi connectivity index (χ0v) is 19.9. The number of benzene rings is 1. The molecule has 0 radical (unpaired) electrons. The molecule has 0 aliphatic carbocycles. The fourth-order valence-electron chi connectivity index (χ4n) is 3.45. The van der Waals surface area contributed by atoms with Gasteiger partial charge < -0.3 is 25.2 Å². The van der Waals surface area contributed by atoms with Gasteiger partial charge in [0.1, 0.15) is 0 Å². The Morgan fingerprint density at radius 1 is 1.03 bits per heavy atom. The number of hydrogen-bond donors (Lipinski definition) is 3. The molecule has 32 heavy (non-hydrogen) atoms. The van der Waals surface area contributed by atoms with Crippen LogP contribution in [0.4, 0.5) is 0 Å². The van der Waals surface area contributed by atoms with Crippen molar-refractivity contribution in [3.63, 3.8) is 0 Å². The van der Waals surface area contributed by atoms with Gasteiger partial charge >= 0.3 is 0 Å². The summed E-state index contributed by atoms with van der Waals surface area (Å²) >= 11 is 0. The van der Waals surface area contributed by atoms with E-state index in [2.05, 4.69) is 29.5 Å². The molecular weight excluding hydrogens is 404 g/mol. The number of nitrogens with zero attached hydrogens (tertiary/aromatic N) is 2. The summed E-state index contributed by atoms with van der Waals surface area (Å²) in [6, 6.07) is 11.4. The molecule has 2 aromatic rings. The summed E-state index contributed by atoms with van der Waals surface area (Å²) in [7, 11) is 0. The van der Waals surface area contributed by atoms with E-state index in [9.17, 15) is 5.11 Å². The number of nitrogens with one attached hydrogen (secondary N) is 2. The molecule has 1 aromatic heterocycles. The summed E-state index contributed by atoms with van der Waals surface area (Å²) in [6.07, 6.45) is 4.58. The van der Waals surface area contributed by atoms with Crippen molar-refractivity contribution in [1.82, 2.24) is 15.6 Å². The molecule has 0 saturated carbocycles. The van der Waals surface area contributed by atoms with Crippen molar-refractivity contribution in [2.45, 2.75) is 53.5 Å². The van der Waals surface area contributed by atoms with E-state index < -0.39 is 0 Å². The second-order valence-corrected chi connectivity index (χ2v) is 7.72. The fourth-order valence-corrected chi connectivity index (χ4v) is 3.45. The maximum Gasteiger partial charge on any atom is 0.219 e. The first-order chi connectivity index (χ1) is 15.6. The number of aliphatic hydroxyl groups is 1. The summed E-state index contributed by atoms with van der Waals surface area (Å²) in [5.74, 6) is 2.62. The summed E-state index contributed by atoms with van der Waals surface area (Å²) in [5, 5.41) is 16.2. The number of guanidine groups is 1. The summed E-state index contributed by atoms with van der Waals surface area (Å²) in [5.41, 5.74) is 1.06. The highest BCUT2D eigenvalue weighted by Gasteiger charge is 2.25. The molecule has 3 N–H and O–H groups in total. The van der Waals surface area contributed by atoms with Crippen molar-refractivity contribution >= 4 is 5.96 Å². The highest BCUT2D eigenvalue weighted by molar-refractivity contribution is 5.79. The largest absolute Gasteiger partial charge is 0.490 e. The van der Waals surface area contributed by atoms with Gasteiger partial charge in [-0.3, -0.25) is 0 Å². The van der Waals surface area contributed by atoms with Crippen LogP contribution in [0.2, 0.25) is 0 Å². The quantitative estimate of drug-likeness (QED) is 0.312. The molecule has 1 aromatic carbocycles. The Morgan fingerprint density at radius 2 is 1.78 bits per heavy atom. The van der Waals surface area contributed by atoms with Crippen LogP contribution in [0, 0.1) is 5.41 Å². The first-order valence-electron chi connectivity index (χ1n) is 11.6. The van der Waals surface area contributed by atoms with E-state index in [1.165, 1.54) is 0 Å². The number of rotatable bonds is 13. The molecule has 0 aliphatic rings. The van der Waals surface area contributed by atoms with E-state index in [0.717, 1.165) is 43.9 Å². The molecule has 7 heteroatoms. The highest BCUT2D eigenvalue weighted by atomic mass is 16.5. The third kappa shape index (κ3) is 7.71. The van der Waals surface area contributed by atoms with Crippen molar-refractivity contribution < 1.29 is 14.6 Å². The molecule has 2 rings (SSSR count). The van der Waals surface area contributed by atoms with Crippen molar-refractivity contribution in [1.29, 1.82) is 0 Å². The number of aliphatic hydroxyl groups excluding tert-OH is 1. The second kappa shape index (κ2) is 13.6. The lowest BCUT2D eigenvalue weighted by atomic mass is 9.79. The summed E-state index contributed by atoms with van der Waals surface area (Å²) in [6.45, 7) is 11.2. The SMILES string of the molecule is CCNC(=NCc1ccc(Oc2ccccc2OCC)nc1)NCC(CC)(CC)CCO. The van der Waals surface area contributed by atoms with E-state index in [-0.39, 0.29) is 12.0 Å². The van der Waals surface area contributed by atoms with Gasteiger partial charge in [0.05, 0.1) is 13.2 Å². The third-order valence-electron chi connectivity index (χ3n) is 5.70. The van der Waals surface area contributed by atoms with Crippen LogP contribution in [-0.2, 0) is 6.54 Å². The normalized spacial score (nSPS) is 11.8. The Morgan fingerprint density at radius 3 is 2.38 bits per heavy atom. The molecule has 0 aliphatic heterocycles. The first kappa shape index (κ1) is 25.5. The van der Waals surface area contributed by atoms with E-state index in [1.54, 1.807) is 6.20 Å². The van der Waals surface area contributed by atoms with Crippen molar-refractivity contribution in [3.05, 3.63) is 48.2 Å². The summed E-state index contributed by atoms with van der Waals surface area (Å²) in [4.78, 5) is 9.12. The maximum atomic E-state index is 9.44. The molecule has 0 unspecified atom stereocenters. The standard InChI is InChI=1S/C25H38N4O3/c1-5-25(6-2,15-16-30)19-29-24(26-7-3)28-18-20-13-14-23(27-17-20)32-22-12-10-9-11-21(22)31-8-4/h9-14,17,30H,5-8,15-16,18-19H2,1-4H3,(H2,26,28,29). The van der Waals surface area contributed by atoms with Crippen LogP contribution in [0.1, 0.15) is 52.5 Å². The molecule has 0 atom stereocenters. The van der Waals surface area contributed by atoms with Crippen molar-refractivity contribution in [2.75, 3.05) is 26.3 Å². The van der Waals surface area contributed by atoms with Gasteiger partial charge in [0, 0.05) is 32.0 Å². The average molecular weight is 443 g/mol. The molecule has 0 saturated heterocycles. The monoisotopic (exact) mass is 442 g/mol. The minimum Gasteiger partial charge on any atom is -0.490 e. The van der Waals surface area contributed by atoms with E-state index in [1.807, 2.05) is 50.2 Å². The van der Waals surface area contributed by atoms with E-state index >= 15 is 0 Å². The smallest absolute Gasteiger partial charge is 0.219 e. The Bertz CT molecular complexity index is 820. The van der Waals surface area contributed by atoms with Gasteiger partial charge in [-0.05, 0) is 56.2 Å². The molecule has 0 spiro atoms. The van der Waals surface area contributed by atoms with Gasteiger partial charge in [-0.25, -0.2) is 9.98 Å². The van der Waals surface area contributed by atoms with Crippen molar-refractivity contribution in [3.8, 4) is 17.4 Å². The maximum absolute atomic E-state index is 9.44. The van der Waals surface area contributed by atoms with Gasteiger partial charge in [-0.1, -0.05) is 32.0 Å². The molecule has 176 valence electrons. The van der Waals surface area contributed by atoms with E-state index in [4.69, 9.17) is 14.5 Å². The van der Waals surface area contributed by atoms with Crippen LogP contribution < -0.4 is 20.1 Å². The molecule has 0 bridgehead atoms. The molecule has 0 fully saturated rings. The lowest BCUT2D eigenvalue weighted by molar-refractivity contribution is 0.169. The van der Waals surface area contributed by atoms with Crippen LogP contribution in [-0.4, -0.2) is 42.4 Å². The average Bonchev–Trinajstić information content (AvgIpc) is 2.82. The number of aromatic nitrogens is 1. The Balaban J connectivity index is 2.01. The van der Waals surface area contributed by atoms with E-state index in [0.29, 0.717) is 30.5 Å². The molecule has 0 amide bonds. The Hall–Kier alpha value is -2.80. The van der Waals surface area contributed by atoms with Crippen LogP contribution >= 0.6 is 0 Å². The third-order valence-corrected chi connectivity index (χ3v) is 5.70. The minimum atomic E-state index is 0.0727. The fraction of sp³-hybridized carbons (Fsp3) is 0.520. The number of pyridine rings is 1. The van der Waals surface area contributed by atoms with Gasteiger partial charge in [0.2, 0.25) is 5.88 Å². The Labute approximate surface area is 192 Å². The predicted octanol–water partition coefficient (Wildman–Crippen LogP) is 4.52.